The third-order valence-corrected chi connectivity index (χ3v) is 5.96. The van der Waals surface area contributed by atoms with Gasteiger partial charge in [-0.25, -0.2) is 9.97 Å². The minimum Gasteiger partial charge on any atom is -0.497 e. The number of carbonyl (C=O) groups is 1. The number of carbonyl (C=O) groups excluding carboxylic acids is 1. The van der Waals surface area contributed by atoms with E-state index in [4.69, 9.17) is 21.3 Å². The van der Waals surface area contributed by atoms with Crippen LogP contribution in [0.15, 0.2) is 54.7 Å². The third-order valence-electron chi connectivity index (χ3n) is 5.71. The molecular weight excluding hydrogens is 410 g/mol. The molecule has 1 N–H and O–H groups in total. The molecule has 3 aromatic rings. The largest absolute Gasteiger partial charge is 0.497 e. The van der Waals surface area contributed by atoms with Crippen molar-refractivity contribution in [2.75, 3.05) is 12.4 Å². The van der Waals surface area contributed by atoms with Crippen LogP contribution in [0.4, 0.5) is 5.82 Å². The van der Waals surface area contributed by atoms with Gasteiger partial charge in [0.2, 0.25) is 5.91 Å². The number of nitrogens with zero attached hydrogens (tertiary/aromatic N) is 2. The molecule has 0 radical (unpaired) electrons. The molecule has 0 bridgehead atoms. The van der Waals surface area contributed by atoms with Gasteiger partial charge in [-0.15, -0.1) is 0 Å². The quantitative estimate of drug-likeness (QED) is 0.513. The first-order valence-corrected chi connectivity index (χ1v) is 11.1. The number of methoxy groups -OCH3 is 1. The van der Waals surface area contributed by atoms with Crippen molar-refractivity contribution < 1.29 is 9.53 Å². The molecule has 5 nitrogen and oxygen atoms in total. The molecule has 4 rings (SSSR count). The summed E-state index contributed by atoms with van der Waals surface area (Å²) in [5, 5.41) is 3.66. The van der Waals surface area contributed by atoms with Crippen LogP contribution in [0.2, 0.25) is 5.02 Å². The van der Waals surface area contributed by atoms with Gasteiger partial charge >= 0.3 is 0 Å². The van der Waals surface area contributed by atoms with Gasteiger partial charge in [-0.2, -0.15) is 0 Å². The second-order valence-corrected chi connectivity index (χ2v) is 8.34. The van der Waals surface area contributed by atoms with Crippen LogP contribution in [-0.4, -0.2) is 23.0 Å². The third kappa shape index (κ3) is 5.42. The van der Waals surface area contributed by atoms with Crippen molar-refractivity contribution in [2.45, 2.75) is 44.4 Å². The molecule has 1 heterocycles. The molecule has 1 aliphatic rings. The van der Waals surface area contributed by atoms with Gasteiger partial charge in [0.15, 0.2) is 5.82 Å². The van der Waals surface area contributed by atoms with Crippen molar-refractivity contribution in [3.05, 3.63) is 71.0 Å². The number of aromatic nitrogens is 2. The van der Waals surface area contributed by atoms with Crippen LogP contribution in [0.1, 0.15) is 49.3 Å². The lowest BCUT2D eigenvalue weighted by Crippen LogP contribution is -2.19. The van der Waals surface area contributed by atoms with Gasteiger partial charge in [0, 0.05) is 16.5 Å². The van der Waals surface area contributed by atoms with E-state index < -0.39 is 0 Å². The van der Waals surface area contributed by atoms with Crippen molar-refractivity contribution in [1.29, 1.82) is 0 Å². The van der Waals surface area contributed by atoms with Gasteiger partial charge in [-0.05, 0) is 54.8 Å². The fraction of sp³-hybridized carbons (Fsp3) is 0.320. The van der Waals surface area contributed by atoms with Gasteiger partial charge in [0.1, 0.15) is 5.75 Å². The van der Waals surface area contributed by atoms with E-state index >= 15 is 0 Å². The van der Waals surface area contributed by atoms with E-state index in [0.717, 1.165) is 41.1 Å². The Kier molecular flexibility index (Phi) is 6.82. The molecule has 1 aromatic heterocycles. The molecule has 0 aliphatic heterocycles. The topological polar surface area (TPSA) is 64.1 Å². The molecule has 1 amide bonds. The molecule has 1 aliphatic carbocycles. The Labute approximate surface area is 187 Å². The minimum atomic E-state index is -0.106. The Hall–Kier alpha value is -2.92. The average molecular weight is 436 g/mol. The van der Waals surface area contributed by atoms with Gasteiger partial charge in [0.05, 0.1) is 31.1 Å². The maximum Gasteiger partial charge on any atom is 0.229 e. The van der Waals surface area contributed by atoms with E-state index in [1.165, 1.54) is 19.3 Å². The summed E-state index contributed by atoms with van der Waals surface area (Å²) in [6.07, 6.45) is 7.74. The summed E-state index contributed by atoms with van der Waals surface area (Å²) >= 11 is 5.94. The van der Waals surface area contributed by atoms with E-state index in [1.54, 1.807) is 25.4 Å². The Morgan fingerprint density at radius 3 is 2.45 bits per heavy atom. The predicted octanol–water partition coefficient (Wildman–Crippen LogP) is 6.03. The van der Waals surface area contributed by atoms with Crippen LogP contribution >= 0.6 is 11.6 Å². The zero-order chi connectivity index (χ0) is 21.6. The number of halogens is 1. The standard InChI is InChI=1S/C25H26ClN3O2/c1-31-21-13-9-18(10-14-21)22-16-27-25(24(28-22)19-5-3-2-4-6-19)29-23(30)15-17-7-11-20(26)12-8-17/h7-14,16,19H,2-6,15H2,1H3,(H,27,29,30). The number of hydrogen-bond donors (Lipinski definition) is 1. The van der Waals surface area contributed by atoms with E-state index in [1.807, 2.05) is 36.4 Å². The van der Waals surface area contributed by atoms with Crippen LogP contribution < -0.4 is 10.1 Å². The highest BCUT2D eigenvalue weighted by Gasteiger charge is 2.23. The highest BCUT2D eigenvalue weighted by atomic mass is 35.5. The molecule has 160 valence electrons. The lowest BCUT2D eigenvalue weighted by atomic mass is 9.86. The Morgan fingerprint density at radius 2 is 1.77 bits per heavy atom. The van der Waals surface area contributed by atoms with Crippen molar-refractivity contribution in [3.8, 4) is 17.0 Å². The van der Waals surface area contributed by atoms with Crippen LogP contribution in [0, 0.1) is 0 Å². The summed E-state index contributed by atoms with van der Waals surface area (Å²) in [4.78, 5) is 22.3. The molecule has 1 fully saturated rings. The Balaban J connectivity index is 1.59. The molecule has 31 heavy (non-hydrogen) atoms. The first-order valence-electron chi connectivity index (χ1n) is 10.7. The SMILES string of the molecule is COc1ccc(-c2cnc(NC(=O)Cc3ccc(Cl)cc3)c(C3CCCCC3)n2)cc1. The molecule has 0 unspecified atom stereocenters. The first-order chi connectivity index (χ1) is 15.1. The van der Waals surface area contributed by atoms with Crippen molar-refractivity contribution in [2.24, 2.45) is 0 Å². The van der Waals surface area contributed by atoms with E-state index in [9.17, 15) is 4.79 Å². The number of ether oxygens (including phenoxy) is 1. The lowest BCUT2D eigenvalue weighted by molar-refractivity contribution is -0.115. The molecule has 0 saturated heterocycles. The van der Waals surface area contributed by atoms with Gasteiger partial charge in [-0.1, -0.05) is 43.0 Å². The highest BCUT2D eigenvalue weighted by molar-refractivity contribution is 6.30. The molecule has 6 heteroatoms. The zero-order valence-electron chi connectivity index (χ0n) is 17.6. The summed E-state index contributed by atoms with van der Waals surface area (Å²) in [6, 6.07) is 15.1. The number of nitrogens with one attached hydrogen (secondary N) is 1. The monoisotopic (exact) mass is 435 g/mol. The number of rotatable bonds is 6. The van der Waals surface area contributed by atoms with Crippen molar-refractivity contribution in [1.82, 2.24) is 9.97 Å². The van der Waals surface area contributed by atoms with Crippen LogP contribution in [0.25, 0.3) is 11.3 Å². The molecule has 2 aromatic carbocycles. The fourth-order valence-corrected chi connectivity index (χ4v) is 4.15. The minimum absolute atomic E-state index is 0.106. The Morgan fingerprint density at radius 1 is 1.06 bits per heavy atom. The van der Waals surface area contributed by atoms with Crippen LogP contribution in [0.3, 0.4) is 0 Å². The average Bonchev–Trinajstić information content (AvgIpc) is 2.81. The maximum absolute atomic E-state index is 12.7. The second-order valence-electron chi connectivity index (χ2n) is 7.90. The summed E-state index contributed by atoms with van der Waals surface area (Å²) in [5.41, 5.74) is 3.57. The molecule has 0 atom stereocenters. The van der Waals surface area contributed by atoms with E-state index in [-0.39, 0.29) is 12.3 Å². The van der Waals surface area contributed by atoms with E-state index in [2.05, 4.69) is 10.3 Å². The van der Waals surface area contributed by atoms with Crippen LogP contribution in [-0.2, 0) is 11.2 Å². The van der Waals surface area contributed by atoms with Crippen molar-refractivity contribution in [3.63, 3.8) is 0 Å². The summed E-state index contributed by atoms with van der Waals surface area (Å²) < 4.78 is 5.25. The number of anilines is 1. The predicted molar refractivity (Wildman–Crippen MR) is 124 cm³/mol. The van der Waals surface area contributed by atoms with Gasteiger partial charge < -0.3 is 10.1 Å². The smallest absolute Gasteiger partial charge is 0.229 e. The van der Waals surface area contributed by atoms with Crippen LogP contribution in [0.5, 0.6) is 5.75 Å². The zero-order valence-corrected chi connectivity index (χ0v) is 18.4. The van der Waals surface area contributed by atoms with Crippen molar-refractivity contribution >= 4 is 23.3 Å². The van der Waals surface area contributed by atoms with Gasteiger partial charge in [-0.3, -0.25) is 4.79 Å². The fourth-order valence-electron chi connectivity index (χ4n) is 4.03. The summed E-state index contributed by atoms with van der Waals surface area (Å²) in [7, 11) is 1.65. The summed E-state index contributed by atoms with van der Waals surface area (Å²) in [6.45, 7) is 0. The lowest BCUT2D eigenvalue weighted by Gasteiger charge is -2.23. The van der Waals surface area contributed by atoms with Gasteiger partial charge in [0.25, 0.3) is 0 Å². The second kappa shape index (κ2) is 9.92. The number of amides is 1. The summed E-state index contributed by atoms with van der Waals surface area (Å²) in [5.74, 6) is 1.58. The molecule has 1 saturated carbocycles. The maximum atomic E-state index is 12.7. The normalized spacial score (nSPS) is 14.3. The molecular formula is C25H26ClN3O2. The molecule has 0 spiro atoms. The highest BCUT2D eigenvalue weighted by Crippen LogP contribution is 2.35. The first kappa shape index (κ1) is 21.3. The number of hydrogen-bond acceptors (Lipinski definition) is 4. The van der Waals surface area contributed by atoms with E-state index in [0.29, 0.717) is 16.8 Å². The Bertz CT molecular complexity index is 1030. The number of benzene rings is 2.